The summed E-state index contributed by atoms with van der Waals surface area (Å²) in [5, 5.41) is 3.98. The summed E-state index contributed by atoms with van der Waals surface area (Å²) in [5.41, 5.74) is 18.9. The summed E-state index contributed by atoms with van der Waals surface area (Å²) in [6.45, 7) is 4.85. The van der Waals surface area contributed by atoms with Gasteiger partial charge in [0.25, 0.3) is 0 Å². The van der Waals surface area contributed by atoms with Crippen molar-refractivity contribution in [3.05, 3.63) is 220 Å². The number of anilines is 1. The summed E-state index contributed by atoms with van der Waals surface area (Å²) < 4.78 is 3.79. The molecular weight excluding hydrogens is 745 g/mol. The van der Waals surface area contributed by atoms with Gasteiger partial charge in [0.05, 0.1) is 11.0 Å². The Kier molecular flexibility index (Phi) is 8.19. The zero-order valence-electron chi connectivity index (χ0n) is 34.2. The number of thiophene rings is 1. The van der Waals surface area contributed by atoms with Crippen molar-refractivity contribution in [1.29, 1.82) is 0 Å². The smallest absolute Gasteiger partial charge is 0.0541 e. The third-order valence-electron chi connectivity index (χ3n) is 13.8. The highest BCUT2D eigenvalue weighted by atomic mass is 32.1. The van der Waals surface area contributed by atoms with E-state index in [4.69, 9.17) is 0 Å². The topological polar surface area (TPSA) is 8.17 Å². The van der Waals surface area contributed by atoms with Crippen LogP contribution in [0.25, 0.3) is 54.8 Å². The summed E-state index contributed by atoms with van der Waals surface area (Å²) in [4.78, 5) is 4.03. The number of aromatic nitrogens is 1. The monoisotopic (exact) mass is 790 g/mol. The Hall–Kier alpha value is -6.42. The number of para-hydroxylation sites is 2. The van der Waals surface area contributed by atoms with E-state index in [-0.39, 0.29) is 5.41 Å². The van der Waals surface area contributed by atoms with Crippen LogP contribution >= 0.6 is 11.3 Å². The van der Waals surface area contributed by atoms with Crippen LogP contribution in [0.2, 0.25) is 0 Å². The van der Waals surface area contributed by atoms with E-state index in [0.29, 0.717) is 5.92 Å². The number of aryl methyl sites for hydroxylation is 1. The molecule has 3 heteroatoms. The molecule has 0 spiro atoms. The molecule has 60 heavy (non-hydrogen) atoms. The van der Waals surface area contributed by atoms with Gasteiger partial charge in [0.2, 0.25) is 0 Å². The molecule has 6 aromatic carbocycles. The Labute approximate surface area is 356 Å². The second-order valence-electron chi connectivity index (χ2n) is 17.4. The van der Waals surface area contributed by atoms with Gasteiger partial charge in [-0.3, -0.25) is 0 Å². The van der Waals surface area contributed by atoms with E-state index in [9.17, 15) is 0 Å². The predicted octanol–water partition coefficient (Wildman–Crippen LogP) is 15.4. The molecule has 0 radical (unpaired) electrons. The summed E-state index contributed by atoms with van der Waals surface area (Å²) >= 11 is 1.95. The number of hydrogen-bond acceptors (Lipinski definition) is 2. The summed E-state index contributed by atoms with van der Waals surface area (Å²) in [5.74, 6) is 0.426. The Morgan fingerprint density at radius 1 is 0.667 bits per heavy atom. The minimum absolute atomic E-state index is 0.0261. The van der Waals surface area contributed by atoms with Crippen LogP contribution in [0.5, 0.6) is 0 Å². The average molecular weight is 791 g/mol. The highest BCUT2D eigenvalue weighted by molar-refractivity contribution is 7.20. The van der Waals surface area contributed by atoms with E-state index >= 15 is 0 Å². The van der Waals surface area contributed by atoms with Crippen molar-refractivity contribution in [2.75, 3.05) is 4.90 Å². The first-order valence-electron chi connectivity index (χ1n) is 21.6. The van der Waals surface area contributed by atoms with Crippen LogP contribution in [0.4, 0.5) is 5.69 Å². The van der Waals surface area contributed by atoms with Gasteiger partial charge < -0.3 is 9.47 Å². The number of hydrogen-bond donors (Lipinski definition) is 0. The lowest BCUT2D eigenvalue weighted by atomic mass is 9.78. The molecule has 2 aromatic heterocycles. The summed E-state index contributed by atoms with van der Waals surface area (Å²) in [6, 6.07) is 54.0. The van der Waals surface area contributed by atoms with Gasteiger partial charge in [0.1, 0.15) is 0 Å². The molecule has 12 rings (SSSR count). The van der Waals surface area contributed by atoms with Gasteiger partial charge in [0.15, 0.2) is 0 Å². The highest BCUT2D eigenvalue weighted by Crippen LogP contribution is 2.54. The molecule has 0 saturated heterocycles. The highest BCUT2D eigenvalue weighted by Gasteiger charge is 2.42. The van der Waals surface area contributed by atoms with E-state index in [1.807, 2.05) is 11.3 Å². The summed E-state index contributed by atoms with van der Waals surface area (Å²) in [7, 11) is 0. The fourth-order valence-electron chi connectivity index (χ4n) is 10.9. The molecule has 2 heterocycles. The fourth-order valence-corrected chi connectivity index (χ4v) is 12.1. The molecule has 4 aliphatic rings. The van der Waals surface area contributed by atoms with Crippen LogP contribution in [0.3, 0.4) is 0 Å². The van der Waals surface area contributed by atoms with Gasteiger partial charge in [0, 0.05) is 54.5 Å². The zero-order valence-corrected chi connectivity index (χ0v) is 35.0. The van der Waals surface area contributed by atoms with Crippen molar-refractivity contribution in [3.8, 4) is 16.8 Å². The summed E-state index contributed by atoms with van der Waals surface area (Å²) in [6.07, 6.45) is 17.7. The lowest BCUT2D eigenvalue weighted by molar-refractivity contribution is 0.609. The van der Waals surface area contributed by atoms with E-state index in [2.05, 4.69) is 199 Å². The molecule has 0 saturated carbocycles. The van der Waals surface area contributed by atoms with Crippen molar-refractivity contribution in [2.24, 2.45) is 0 Å². The quantitative estimate of drug-likeness (QED) is 0.163. The van der Waals surface area contributed by atoms with Crippen molar-refractivity contribution in [1.82, 2.24) is 4.57 Å². The first kappa shape index (κ1) is 35.5. The predicted molar refractivity (Wildman–Crippen MR) is 255 cm³/mol. The Balaban J connectivity index is 0.983. The van der Waals surface area contributed by atoms with Crippen LogP contribution < -0.4 is 4.90 Å². The molecular formula is C57H46N2S. The largest absolute Gasteiger partial charge is 0.311 e. The molecule has 290 valence electrons. The van der Waals surface area contributed by atoms with Crippen molar-refractivity contribution in [3.63, 3.8) is 0 Å². The van der Waals surface area contributed by atoms with Gasteiger partial charge in [-0.25, -0.2) is 0 Å². The maximum absolute atomic E-state index is 2.59. The average Bonchev–Trinajstić information content (AvgIpc) is 3.92. The van der Waals surface area contributed by atoms with Crippen LogP contribution in [0, 0.1) is 0 Å². The molecule has 0 aliphatic heterocycles. The van der Waals surface area contributed by atoms with E-state index in [1.54, 1.807) is 0 Å². The van der Waals surface area contributed by atoms with Crippen LogP contribution in [0.15, 0.2) is 198 Å². The second-order valence-corrected chi connectivity index (χ2v) is 18.5. The van der Waals surface area contributed by atoms with E-state index in [0.717, 1.165) is 32.1 Å². The number of benzene rings is 6. The first-order chi connectivity index (χ1) is 29.5. The third-order valence-corrected chi connectivity index (χ3v) is 15.0. The van der Waals surface area contributed by atoms with Crippen molar-refractivity contribution < 1.29 is 0 Å². The lowest BCUT2D eigenvalue weighted by Crippen LogP contribution is -2.26. The standard InChI is InChI=1S/C57H46N2S/c1-57(2)50-20-10-6-17-44(50)45-32-30-42(36-51(45)57)58(52-21-11-7-16-43(52)39-26-31-48-47-19-9-13-23-55(47)60-56(48)35-39)41-28-24-37(25-29-41)38-27-33-54-49(34-38)46-18-8-12-22-53(46)59(54)40-14-4-3-5-15-40/h3-6,8-15,17-25,27-30,33-36,45H,7,16,26,31-32H2,1-2H3. The fraction of sp³-hybridized carbons (Fsp3) is 0.158. The van der Waals surface area contributed by atoms with Crippen molar-refractivity contribution in [2.45, 2.75) is 57.3 Å². The van der Waals surface area contributed by atoms with Crippen LogP contribution in [-0.4, -0.2) is 4.57 Å². The minimum atomic E-state index is -0.0261. The minimum Gasteiger partial charge on any atom is -0.311 e. The first-order valence-corrected chi connectivity index (χ1v) is 22.4. The molecule has 0 fully saturated rings. The van der Waals surface area contributed by atoms with Crippen molar-refractivity contribution >= 4 is 55.0 Å². The van der Waals surface area contributed by atoms with E-state index in [1.165, 1.54) is 104 Å². The zero-order chi connectivity index (χ0) is 40.0. The van der Waals surface area contributed by atoms with Gasteiger partial charge in [-0.15, -0.1) is 11.3 Å². The van der Waals surface area contributed by atoms with Gasteiger partial charge in [-0.2, -0.15) is 0 Å². The molecule has 0 N–H and O–H groups in total. The molecule has 2 nitrogen and oxygen atoms in total. The molecule has 0 bridgehead atoms. The number of fused-ring (bicyclic) bond motifs is 9. The van der Waals surface area contributed by atoms with Gasteiger partial charge >= 0.3 is 0 Å². The Morgan fingerprint density at radius 3 is 2.30 bits per heavy atom. The van der Waals surface area contributed by atoms with Crippen LogP contribution in [0.1, 0.15) is 67.0 Å². The number of nitrogens with zero attached hydrogens (tertiary/aromatic N) is 2. The van der Waals surface area contributed by atoms with Gasteiger partial charge in [-0.1, -0.05) is 129 Å². The maximum Gasteiger partial charge on any atom is 0.0541 e. The van der Waals surface area contributed by atoms with Crippen LogP contribution in [-0.2, 0) is 11.8 Å². The molecule has 8 aromatic rings. The maximum atomic E-state index is 2.59. The van der Waals surface area contributed by atoms with E-state index < -0.39 is 0 Å². The number of rotatable bonds is 6. The third kappa shape index (κ3) is 5.52. The normalized spacial score (nSPS) is 18.0. The molecule has 0 amide bonds. The van der Waals surface area contributed by atoms with Gasteiger partial charge in [-0.05, 0) is 143 Å². The lowest BCUT2D eigenvalue weighted by Gasteiger charge is -2.36. The molecule has 1 unspecified atom stereocenters. The Bertz CT molecular complexity index is 3200. The SMILES string of the molecule is CC1(C)C2=CC(N(C3=C(C4=Cc5sc6ccccc6c5CC4)CCC=C3)c3ccc(-c4ccc5c(c4)c4ccccc4n5-c4ccccc4)cc3)=CCC2c2ccccc21. The molecule has 4 aliphatic carbocycles. The Morgan fingerprint density at radius 2 is 1.42 bits per heavy atom. The number of allylic oxidation sites excluding steroid dienone is 7. The molecule has 1 atom stereocenters. The second kappa shape index (κ2) is 13.8.